The number of carbonyl (C=O) groups excluding carboxylic acids is 2. The summed E-state index contributed by atoms with van der Waals surface area (Å²) in [6, 6.07) is 14.0. The summed E-state index contributed by atoms with van der Waals surface area (Å²) in [5.74, 6) is 0.125. The van der Waals surface area contributed by atoms with Crippen molar-refractivity contribution in [2.45, 2.75) is 6.42 Å². The van der Waals surface area contributed by atoms with Gasteiger partial charge in [0, 0.05) is 19.0 Å². The number of rotatable bonds is 5. The smallest absolute Gasteiger partial charge is 0.229 e. The number of nitrogens with zero attached hydrogens (tertiary/aromatic N) is 2. The van der Waals surface area contributed by atoms with Crippen LogP contribution in [0, 0.1) is 17.2 Å². The van der Waals surface area contributed by atoms with Gasteiger partial charge in [-0.05, 0) is 24.3 Å². The Balaban J connectivity index is 1.80. The lowest BCUT2D eigenvalue weighted by Crippen LogP contribution is -2.28. The zero-order valence-electron chi connectivity index (χ0n) is 15.1. The number of carbonyl (C=O) groups is 2. The zero-order valence-corrected chi connectivity index (χ0v) is 15.1. The van der Waals surface area contributed by atoms with Crippen LogP contribution >= 0.6 is 0 Å². The first kappa shape index (κ1) is 18.3. The molecule has 1 aliphatic heterocycles. The molecule has 2 amide bonds. The maximum atomic E-state index is 12.6. The molecule has 0 aliphatic carbocycles. The van der Waals surface area contributed by atoms with Crippen LogP contribution in [0.15, 0.2) is 42.5 Å². The maximum Gasteiger partial charge on any atom is 0.229 e. The van der Waals surface area contributed by atoms with E-state index in [1.807, 2.05) is 6.07 Å². The summed E-state index contributed by atoms with van der Waals surface area (Å²) in [7, 11) is 3.06. The van der Waals surface area contributed by atoms with E-state index in [2.05, 4.69) is 5.32 Å². The number of benzene rings is 2. The topological polar surface area (TPSA) is 91.7 Å². The van der Waals surface area contributed by atoms with Gasteiger partial charge < -0.3 is 19.7 Å². The van der Waals surface area contributed by atoms with E-state index in [1.54, 1.807) is 49.6 Å². The summed E-state index contributed by atoms with van der Waals surface area (Å²) >= 11 is 0. The van der Waals surface area contributed by atoms with Crippen LogP contribution in [0.25, 0.3) is 0 Å². The first-order valence-electron chi connectivity index (χ1n) is 8.39. The predicted octanol–water partition coefficient (Wildman–Crippen LogP) is 2.57. The Labute approximate surface area is 157 Å². The van der Waals surface area contributed by atoms with Gasteiger partial charge in [-0.25, -0.2) is 0 Å². The van der Waals surface area contributed by atoms with Crippen molar-refractivity contribution >= 4 is 23.2 Å². The number of ether oxygens (including phenoxy) is 2. The van der Waals surface area contributed by atoms with E-state index < -0.39 is 5.92 Å². The maximum absolute atomic E-state index is 12.6. The highest BCUT2D eigenvalue weighted by Gasteiger charge is 2.36. The van der Waals surface area contributed by atoms with Crippen molar-refractivity contribution in [3.8, 4) is 17.6 Å². The molecule has 1 saturated heterocycles. The Morgan fingerprint density at radius 2 is 2.00 bits per heavy atom. The average molecular weight is 365 g/mol. The minimum absolute atomic E-state index is 0.0842. The Hall–Kier alpha value is -3.53. The number of amides is 2. The second-order valence-electron chi connectivity index (χ2n) is 6.09. The van der Waals surface area contributed by atoms with Gasteiger partial charge in [-0.2, -0.15) is 5.26 Å². The molecule has 2 aromatic rings. The SMILES string of the molecule is COc1ccc(OC)c(N2C[C@@H](C(=O)Nc3ccccc3C#N)CC2=O)c1. The molecular formula is C20H19N3O4. The lowest BCUT2D eigenvalue weighted by Gasteiger charge is -2.20. The van der Waals surface area contributed by atoms with Gasteiger partial charge in [0.25, 0.3) is 0 Å². The lowest BCUT2D eigenvalue weighted by atomic mass is 10.1. The number of hydrogen-bond acceptors (Lipinski definition) is 5. The van der Waals surface area contributed by atoms with Gasteiger partial charge in [0.2, 0.25) is 11.8 Å². The minimum Gasteiger partial charge on any atom is -0.497 e. The first-order chi connectivity index (χ1) is 13.1. The second kappa shape index (κ2) is 7.79. The molecule has 138 valence electrons. The Bertz CT molecular complexity index is 920. The van der Waals surface area contributed by atoms with Gasteiger partial charge in [0.1, 0.15) is 17.6 Å². The van der Waals surface area contributed by atoms with E-state index >= 15 is 0 Å². The molecule has 1 heterocycles. The van der Waals surface area contributed by atoms with Crippen molar-refractivity contribution in [3.63, 3.8) is 0 Å². The molecule has 7 nitrogen and oxygen atoms in total. The molecule has 0 spiro atoms. The molecule has 3 rings (SSSR count). The van der Waals surface area contributed by atoms with Crippen LogP contribution < -0.4 is 19.7 Å². The van der Waals surface area contributed by atoms with Crippen molar-refractivity contribution in [2.75, 3.05) is 31.0 Å². The van der Waals surface area contributed by atoms with Gasteiger partial charge in [-0.3, -0.25) is 9.59 Å². The summed E-state index contributed by atoms with van der Waals surface area (Å²) in [4.78, 5) is 26.7. The van der Waals surface area contributed by atoms with Crippen LogP contribution in [-0.4, -0.2) is 32.6 Å². The van der Waals surface area contributed by atoms with Gasteiger partial charge in [0.15, 0.2) is 0 Å². The molecule has 0 unspecified atom stereocenters. The van der Waals surface area contributed by atoms with Crippen LogP contribution in [0.3, 0.4) is 0 Å². The normalized spacial score (nSPS) is 16.0. The summed E-state index contributed by atoms with van der Waals surface area (Å²) < 4.78 is 10.6. The third-order valence-electron chi connectivity index (χ3n) is 4.48. The number of methoxy groups -OCH3 is 2. The van der Waals surface area contributed by atoms with E-state index in [0.717, 1.165) is 0 Å². The molecule has 0 saturated carbocycles. The van der Waals surface area contributed by atoms with Gasteiger partial charge >= 0.3 is 0 Å². The summed E-state index contributed by atoms with van der Waals surface area (Å²) in [5, 5.41) is 11.9. The van der Waals surface area contributed by atoms with E-state index in [4.69, 9.17) is 14.7 Å². The van der Waals surface area contributed by atoms with E-state index in [9.17, 15) is 9.59 Å². The van der Waals surface area contributed by atoms with Crippen LogP contribution in [-0.2, 0) is 9.59 Å². The molecule has 7 heteroatoms. The molecule has 0 radical (unpaired) electrons. The van der Waals surface area contributed by atoms with Gasteiger partial charge in [-0.1, -0.05) is 12.1 Å². The lowest BCUT2D eigenvalue weighted by molar-refractivity contribution is -0.122. The standard InChI is InChI=1S/C20H19N3O4/c1-26-15-7-8-18(27-2)17(10-15)23-12-14(9-19(23)24)20(25)22-16-6-4-3-5-13(16)11-21/h3-8,10,14H,9,12H2,1-2H3,(H,22,25)/t14-/m0/s1. The fourth-order valence-electron chi connectivity index (χ4n) is 3.05. The number of nitrogens with one attached hydrogen (secondary N) is 1. The molecule has 1 fully saturated rings. The predicted molar refractivity (Wildman–Crippen MR) is 99.8 cm³/mol. The molecule has 0 bridgehead atoms. The molecular weight excluding hydrogens is 346 g/mol. The Morgan fingerprint density at radius 3 is 2.70 bits per heavy atom. The quantitative estimate of drug-likeness (QED) is 0.879. The van der Waals surface area contributed by atoms with Crippen LogP contribution in [0.1, 0.15) is 12.0 Å². The number of anilines is 2. The fraction of sp³-hybridized carbons (Fsp3) is 0.250. The highest BCUT2D eigenvalue weighted by molar-refractivity contribution is 6.04. The first-order valence-corrected chi connectivity index (χ1v) is 8.39. The Kier molecular flexibility index (Phi) is 5.27. The fourth-order valence-corrected chi connectivity index (χ4v) is 3.05. The average Bonchev–Trinajstić information content (AvgIpc) is 3.09. The number of para-hydroxylation sites is 1. The summed E-state index contributed by atoms with van der Waals surface area (Å²) in [6.45, 7) is 0.225. The Morgan fingerprint density at radius 1 is 1.22 bits per heavy atom. The van der Waals surface area contributed by atoms with Crippen LogP contribution in [0.4, 0.5) is 11.4 Å². The molecule has 2 aromatic carbocycles. The molecule has 27 heavy (non-hydrogen) atoms. The van der Waals surface area contributed by atoms with Gasteiger partial charge in [-0.15, -0.1) is 0 Å². The van der Waals surface area contributed by atoms with Crippen molar-refractivity contribution in [2.24, 2.45) is 5.92 Å². The summed E-state index contributed by atoms with van der Waals surface area (Å²) in [5.41, 5.74) is 1.38. The zero-order chi connectivity index (χ0) is 19.4. The second-order valence-corrected chi connectivity index (χ2v) is 6.09. The van der Waals surface area contributed by atoms with Crippen LogP contribution in [0.5, 0.6) is 11.5 Å². The van der Waals surface area contributed by atoms with Crippen LogP contribution in [0.2, 0.25) is 0 Å². The third kappa shape index (κ3) is 3.70. The highest BCUT2D eigenvalue weighted by Crippen LogP contribution is 2.36. The largest absolute Gasteiger partial charge is 0.497 e. The molecule has 0 aromatic heterocycles. The number of nitriles is 1. The monoisotopic (exact) mass is 365 g/mol. The molecule has 1 atom stereocenters. The highest BCUT2D eigenvalue weighted by atomic mass is 16.5. The van der Waals surface area contributed by atoms with Gasteiger partial charge in [0.05, 0.1) is 37.1 Å². The minimum atomic E-state index is -0.528. The van der Waals surface area contributed by atoms with E-state index in [1.165, 1.54) is 12.0 Å². The van der Waals surface area contributed by atoms with E-state index in [0.29, 0.717) is 28.4 Å². The van der Waals surface area contributed by atoms with E-state index in [-0.39, 0.29) is 24.8 Å². The number of hydrogen-bond donors (Lipinski definition) is 1. The van der Waals surface area contributed by atoms with Crippen molar-refractivity contribution in [1.82, 2.24) is 0 Å². The van der Waals surface area contributed by atoms with Crippen molar-refractivity contribution in [3.05, 3.63) is 48.0 Å². The molecule has 1 aliphatic rings. The molecule has 1 N–H and O–H groups in total. The van der Waals surface area contributed by atoms with Crippen molar-refractivity contribution < 1.29 is 19.1 Å². The van der Waals surface area contributed by atoms with Crippen molar-refractivity contribution in [1.29, 1.82) is 5.26 Å². The summed E-state index contributed by atoms with van der Waals surface area (Å²) in [6.07, 6.45) is 0.0842. The third-order valence-corrected chi connectivity index (χ3v) is 4.48.